The maximum absolute atomic E-state index is 12.8. The number of rotatable bonds is 8. The molecule has 2 rings (SSSR count). The molecule has 0 aliphatic rings. The van der Waals surface area contributed by atoms with Gasteiger partial charge in [-0.2, -0.15) is 5.10 Å². The number of hydrogen-bond acceptors (Lipinski definition) is 4. The minimum absolute atomic E-state index is 0.248. The molecule has 0 saturated heterocycles. The highest BCUT2D eigenvalue weighted by molar-refractivity contribution is 5.96. The fraction of sp³-hybridized carbons (Fsp3) is 0.105. The van der Waals surface area contributed by atoms with Crippen molar-refractivity contribution in [3.8, 4) is 5.75 Å². The van der Waals surface area contributed by atoms with E-state index in [0.717, 1.165) is 5.56 Å². The van der Waals surface area contributed by atoms with E-state index in [1.807, 2.05) is 0 Å². The van der Waals surface area contributed by atoms with E-state index >= 15 is 0 Å². The maximum atomic E-state index is 12.8. The van der Waals surface area contributed by atoms with E-state index in [1.54, 1.807) is 30.3 Å². The molecule has 0 aliphatic carbocycles. The molecule has 0 spiro atoms. The standard InChI is InChI=1S/C19H18FN3O3/c1-2-11-26-17-9-3-14(4-10-17)12-22-23-18(24)13-21-19(25)15-5-7-16(20)8-6-15/h2-10,12H,1,11,13H2,(H,21,25)(H,23,24)/b22-12-. The van der Waals surface area contributed by atoms with Crippen LogP contribution in [0.1, 0.15) is 15.9 Å². The van der Waals surface area contributed by atoms with Crippen molar-refractivity contribution >= 4 is 18.0 Å². The molecule has 0 fully saturated rings. The molecular formula is C19H18FN3O3. The Morgan fingerprint density at radius 1 is 1.12 bits per heavy atom. The van der Waals surface area contributed by atoms with Gasteiger partial charge in [0.25, 0.3) is 11.8 Å². The van der Waals surface area contributed by atoms with Gasteiger partial charge >= 0.3 is 0 Å². The summed E-state index contributed by atoms with van der Waals surface area (Å²) in [6.07, 6.45) is 3.12. The first kappa shape index (κ1) is 18.9. The van der Waals surface area contributed by atoms with Crippen molar-refractivity contribution in [3.63, 3.8) is 0 Å². The maximum Gasteiger partial charge on any atom is 0.259 e. The quantitative estimate of drug-likeness (QED) is 0.433. The van der Waals surface area contributed by atoms with Gasteiger partial charge in [-0.15, -0.1) is 0 Å². The summed E-state index contributed by atoms with van der Waals surface area (Å²) < 4.78 is 18.2. The van der Waals surface area contributed by atoms with Crippen LogP contribution in [0.2, 0.25) is 0 Å². The number of benzene rings is 2. The number of ether oxygens (including phenoxy) is 1. The van der Waals surface area contributed by atoms with Crippen molar-refractivity contribution in [2.24, 2.45) is 5.10 Å². The largest absolute Gasteiger partial charge is 0.490 e. The molecule has 2 aromatic carbocycles. The van der Waals surface area contributed by atoms with Crippen LogP contribution in [0, 0.1) is 5.82 Å². The van der Waals surface area contributed by atoms with Crippen LogP contribution in [-0.4, -0.2) is 31.2 Å². The summed E-state index contributed by atoms with van der Waals surface area (Å²) in [7, 11) is 0. The summed E-state index contributed by atoms with van der Waals surface area (Å²) in [5, 5.41) is 6.24. The second-order valence-electron chi connectivity index (χ2n) is 5.15. The molecule has 26 heavy (non-hydrogen) atoms. The van der Waals surface area contributed by atoms with E-state index in [-0.39, 0.29) is 12.1 Å². The number of hydrogen-bond donors (Lipinski definition) is 2. The van der Waals surface area contributed by atoms with Crippen LogP contribution in [0.15, 0.2) is 66.3 Å². The predicted molar refractivity (Wildman–Crippen MR) is 96.6 cm³/mol. The summed E-state index contributed by atoms with van der Waals surface area (Å²) >= 11 is 0. The zero-order valence-corrected chi connectivity index (χ0v) is 13.9. The fourth-order valence-electron chi connectivity index (χ4n) is 1.89. The predicted octanol–water partition coefficient (Wildman–Crippen LogP) is 2.27. The van der Waals surface area contributed by atoms with Gasteiger partial charge in [0.1, 0.15) is 18.2 Å². The molecule has 0 bridgehead atoms. The Hall–Kier alpha value is -3.48. The van der Waals surface area contributed by atoms with Crippen LogP contribution in [0.4, 0.5) is 4.39 Å². The van der Waals surface area contributed by atoms with Gasteiger partial charge in [-0.1, -0.05) is 12.7 Å². The van der Waals surface area contributed by atoms with Crippen molar-refractivity contribution in [1.82, 2.24) is 10.7 Å². The lowest BCUT2D eigenvalue weighted by Crippen LogP contribution is -2.34. The van der Waals surface area contributed by atoms with Gasteiger partial charge in [-0.05, 0) is 54.1 Å². The smallest absolute Gasteiger partial charge is 0.259 e. The Labute approximate surface area is 150 Å². The van der Waals surface area contributed by atoms with Crippen molar-refractivity contribution < 1.29 is 18.7 Å². The molecule has 2 aromatic rings. The second kappa shape index (κ2) is 9.73. The Morgan fingerprint density at radius 3 is 2.46 bits per heavy atom. The van der Waals surface area contributed by atoms with Gasteiger partial charge in [0.05, 0.1) is 12.8 Å². The van der Waals surface area contributed by atoms with Gasteiger partial charge in [0, 0.05) is 5.56 Å². The molecule has 0 saturated carbocycles. The van der Waals surface area contributed by atoms with Crippen molar-refractivity contribution in [2.45, 2.75) is 0 Å². The highest BCUT2D eigenvalue weighted by Gasteiger charge is 2.07. The summed E-state index contributed by atoms with van der Waals surface area (Å²) in [6, 6.07) is 12.1. The van der Waals surface area contributed by atoms with Crippen molar-refractivity contribution in [2.75, 3.05) is 13.2 Å². The Bertz CT molecular complexity index is 787. The van der Waals surface area contributed by atoms with Crippen LogP contribution >= 0.6 is 0 Å². The molecule has 0 heterocycles. The SMILES string of the molecule is C=CCOc1ccc(/C=N\NC(=O)CNC(=O)c2ccc(F)cc2)cc1. The highest BCUT2D eigenvalue weighted by atomic mass is 19.1. The Kier molecular flexibility index (Phi) is 7.05. The fourth-order valence-corrected chi connectivity index (χ4v) is 1.89. The minimum atomic E-state index is -0.484. The van der Waals surface area contributed by atoms with E-state index < -0.39 is 17.6 Å². The third kappa shape index (κ3) is 6.20. The van der Waals surface area contributed by atoms with Crippen LogP contribution < -0.4 is 15.5 Å². The summed E-state index contributed by atoms with van der Waals surface area (Å²) in [5.41, 5.74) is 3.34. The van der Waals surface area contributed by atoms with E-state index in [4.69, 9.17) is 4.74 Å². The molecule has 0 radical (unpaired) electrons. The zero-order valence-electron chi connectivity index (χ0n) is 13.9. The lowest BCUT2D eigenvalue weighted by molar-refractivity contribution is -0.120. The molecule has 0 atom stereocenters. The van der Waals surface area contributed by atoms with E-state index in [0.29, 0.717) is 12.4 Å². The van der Waals surface area contributed by atoms with Crippen LogP contribution in [0.3, 0.4) is 0 Å². The Balaban J connectivity index is 1.75. The topological polar surface area (TPSA) is 79.8 Å². The third-order valence-corrected chi connectivity index (χ3v) is 3.17. The van der Waals surface area contributed by atoms with Crippen LogP contribution in [0.5, 0.6) is 5.75 Å². The van der Waals surface area contributed by atoms with Crippen LogP contribution in [0.25, 0.3) is 0 Å². The van der Waals surface area contributed by atoms with Crippen LogP contribution in [-0.2, 0) is 4.79 Å². The highest BCUT2D eigenvalue weighted by Crippen LogP contribution is 2.10. The number of nitrogens with zero attached hydrogens (tertiary/aromatic N) is 1. The average molecular weight is 355 g/mol. The zero-order chi connectivity index (χ0) is 18.8. The number of nitrogens with one attached hydrogen (secondary N) is 2. The summed E-state index contributed by atoms with van der Waals surface area (Å²) in [4.78, 5) is 23.5. The lowest BCUT2D eigenvalue weighted by Gasteiger charge is -2.04. The molecule has 2 amide bonds. The first-order valence-corrected chi connectivity index (χ1v) is 7.78. The molecule has 7 heteroatoms. The lowest BCUT2D eigenvalue weighted by atomic mass is 10.2. The third-order valence-electron chi connectivity index (χ3n) is 3.17. The summed E-state index contributed by atoms with van der Waals surface area (Å²) in [5.74, 6) is -0.689. The summed E-state index contributed by atoms with van der Waals surface area (Å²) in [6.45, 7) is 3.74. The van der Waals surface area contributed by atoms with Crippen molar-refractivity contribution in [1.29, 1.82) is 0 Å². The molecule has 2 N–H and O–H groups in total. The van der Waals surface area contributed by atoms with Gasteiger partial charge in [-0.3, -0.25) is 9.59 Å². The number of carbonyl (C=O) groups excluding carboxylic acids is 2. The van der Waals surface area contributed by atoms with Gasteiger partial charge < -0.3 is 10.1 Å². The monoisotopic (exact) mass is 355 g/mol. The molecular weight excluding hydrogens is 337 g/mol. The molecule has 0 unspecified atom stereocenters. The average Bonchev–Trinajstić information content (AvgIpc) is 2.66. The number of hydrazone groups is 1. The molecule has 134 valence electrons. The molecule has 0 aromatic heterocycles. The first-order chi connectivity index (χ1) is 12.6. The Morgan fingerprint density at radius 2 is 1.81 bits per heavy atom. The minimum Gasteiger partial charge on any atom is -0.490 e. The number of amides is 2. The van der Waals surface area contributed by atoms with E-state index in [9.17, 15) is 14.0 Å². The second-order valence-corrected chi connectivity index (χ2v) is 5.15. The van der Waals surface area contributed by atoms with Gasteiger partial charge in [-0.25, -0.2) is 9.82 Å². The van der Waals surface area contributed by atoms with E-state index in [1.165, 1.54) is 30.5 Å². The first-order valence-electron chi connectivity index (χ1n) is 7.78. The molecule has 6 nitrogen and oxygen atoms in total. The van der Waals surface area contributed by atoms with Crippen molar-refractivity contribution in [3.05, 3.63) is 78.1 Å². The normalized spacial score (nSPS) is 10.3. The van der Waals surface area contributed by atoms with E-state index in [2.05, 4.69) is 22.4 Å². The van der Waals surface area contributed by atoms with Gasteiger partial charge in [0.15, 0.2) is 0 Å². The molecule has 0 aliphatic heterocycles. The number of carbonyl (C=O) groups is 2. The van der Waals surface area contributed by atoms with Gasteiger partial charge in [0.2, 0.25) is 0 Å². The number of halogens is 1.